The highest BCUT2D eigenvalue weighted by Crippen LogP contribution is 2.16. The van der Waals surface area contributed by atoms with Gasteiger partial charge in [0.2, 0.25) is 5.91 Å². The number of primary amides is 1. The predicted octanol–water partition coefficient (Wildman–Crippen LogP) is 2.85. The minimum atomic E-state index is -0.558. The summed E-state index contributed by atoms with van der Waals surface area (Å²) in [5.41, 5.74) is 7.92. The van der Waals surface area contributed by atoms with Crippen molar-refractivity contribution in [3.8, 4) is 0 Å². The maximum atomic E-state index is 13.6. The fraction of sp³-hybridized carbons (Fsp3) is 0.133. The minimum Gasteiger partial charge on any atom is -0.381 e. The third-order valence-electron chi connectivity index (χ3n) is 2.94. The van der Waals surface area contributed by atoms with Gasteiger partial charge in [-0.2, -0.15) is 0 Å². The topological polar surface area (TPSA) is 55.1 Å². The summed E-state index contributed by atoms with van der Waals surface area (Å²) in [6, 6.07) is 11.9. The summed E-state index contributed by atoms with van der Waals surface area (Å²) in [6.45, 7) is 2.27. The van der Waals surface area contributed by atoms with Crippen LogP contribution >= 0.6 is 0 Å². The van der Waals surface area contributed by atoms with Crippen molar-refractivity contribution in [1.29, 1.82) is 0 Å². The average molecular weight is 258 g/mol. The van der Waals surface area contributed by atoms with Crippen LogP contribution < -0.4 is 11.1 Å². The summed E-state index contributed by atoms with van der Waals surface area (Å²) in [5, 5.41) is 3.14. The summed E-state index contributed by atoms with van der Waals surface area (Å²) in [5.74, 6) is -0.914. The third kappa shape index (κ3) is 3.10. The van der Waals surface area contributed by atoms with Crippen molar-refractivity contribution < 1.29 is 9.18 Å². The lowest BCUT2D eigenvalue weighted by Crippen LogP contribution is -2.12. The van der Waals surface area contributed by atoms with Crippen molar-refractivity contribution in [3.05, 3.63) is 65.0 Å². The Balaban J connectivity index is 2.17. The van der Waals surface area contributed by atoms with Gasteiger partial charge in [0.05, 0.1) is 0 Å². The normalized spacial score (nSPS) is 10.2. The largest absolute Gasteiger partial charge is 0.381 e. The monoisotopic (exact) mass is 258 g/mol. The second-order valence-electron chi connectivity index (χ2n) is 4.34. The van der Waals surface area contributed by atoms with Gasteiger partial charge in [-0.1, -0.05) is 18.2 Å². The highest BCUT2D eigenvalue weighted by atomic mass is 19.1. The van der Waals surface area contributed by atoms with Crippen LogP contribution in [-0.2, 0) is 6.54 Å². The number of benzene rings is 2. The Labute approximate surface area is 111 Å². The van der Waals surface area contributed by atoms with Crippen LogP contribution in [0.2, 0.25) is 0 Å². The summed E-state index contributed by atoms with van der Waals surface area (Å²) in [4.78, 5) is 11.1. The van der Waals surface area contributed by atoms with Gasteiger partial charge < -0.3 is 11.1 Å². The molecular weight excluding hydrogens is 243 g/mol. The first-order valence-corrected chi connectivity index (χ1v) is 5.95. The zero-order chi connectivity index (χ0) is 13.8. The lowest BCUT2D eigenvalue weighted by atomic mass is 10.1. The molecule has 0 saturated heterocycles. The molecule has 0 aromatic heterocycles. The Kier molecular flexibility index (Phi) is 3.80. The molecule has 3 nitrogen and oxygen atoms in total. The van der Waals surface area contributed by atoms with Crippen LogP contribution in [0.5, 0.6) is 0 Å². The highest BCUT2D eigenvalue weighted by molar-refractivity contribution is 5.92. The predicted molar refractivity (Wildman–Crippen MR) is 73.4 cm³/mol. The highest BCUT2D eigenvalue weighted by Gasteiger charge is 2.07. The number of aryl methyl sites for hydroxylation is 1. The molecule has 0 atom stereocenters. The molecule has 0 unspecified atom stereocenters. The van der Waals surface area contributed by atoms with E-state index in [1.54, 1.807) is 0 Å². The van der Waals surface area contributed by atoms with Crippen molar-refractivity contribution in [2.24, 2.45) is 5.73 Å². The maximum Gasteiger partial charge on any atom is 0.248 e. The number of amides is 1. The van der Waals surface area contributed by atoms with E-state index < -0.39 is 5.91 Å². The molecule has 1 amide bonds. The van der Waals surface area contributed by atoms with E-state index in [0.29, 0.717) is 17.7 Å². The molecule has 0 spiro atoms. The quantitative estimate of drug-likeness (QED) is 0.886. The Hall–Kier alpha value is -2.36. The number of carbonyl (C=O) groups excluding carboxylic acids is 1. The van der Waals surface area contributed by atoms with Crippen molar-refractivity contribution in [2.75, 3.05) is 5.32 Å². The molecule has 0 aliphatic heterocycles. The molecule has 0 bridgehead atoms. The van der Waals surface area contributed by atoms with E-state index in [4.69, 9.17) is 5.73 Å². The molecule has 0 aliphatic rings. The van der Waals surface area contributed by atoms with E-state index in [0.717, 1.165) is 11.3 Å². The SMILES string of the molecule is Cc1ccccc1NCc1cc(C(N)=O)ccc1F. The van der Waals surface area contributed by atoms with E-state index in [-0.39, 0.29) is 5.82 Å². The molecule has 0 saturated carbocycles. The first-order valence-electron chi connectivity index (χ1n) is 5.95. The lowest BCUT2D eigenvalue weighted by Gasteiger charge is -2.10. The van der Waals surface area contributed by atoms with Gasteiger partial charge in [-0.3, -0.25) is 4.79 Å². The molecule has 2 aromatic carbocycles. The smallest absolute Gasteiger partial charge is 0.248 e. The maximum absolute atomic E-state index is 13.6. The lowest BCUT2D eigenvalue weighted by molar-refractivity contribution is 0.1000. The molecule has 0 heterocycles. The zero-order valence-electron chi connectivity index (χ0n) is 10.6. The first kappa shape index (κ1) is 13.1. The van der Waals surface area contributed by atoms with Gasteiger partial charge in [-0.25, -0.2) is 4.39 Å². The molecule has 3 N–H and O–H groups in total. The fourth-order valence-corrected chi connectivity index (χ4v) is 1.83. The summed E-state index contributed by atoms with van der Waals surface area (Å²) >= 11 is 0. The number of anilines is 1. The van der Waals surface area contributed by atoms with E-state index in [2.05, 4.69) is 5.32 Å². The number of hydrogen-bond donors (Lipinski definition) is 2. The van der Waals surface area contributed by atoms with E-state index in [9.17, 15) is 9.18 Å². The third-order valence-corrected chi connectivity index (χ3v) is 2.94. The van der Waals surface area contributed by atoms with E-state index in [1.807, 2.05) is 31.2 Å². The van der Waals surface area contributed by atoms with Gasteiger partial charge in [0.25, 0.3) is 0 Å². The van der Waals surface area contributed by atoms with Crippen molar-refractivity contribution in [3.63, 3.8) is 0 Å². The van der Waals surface area contributed by atoms with Crippen molar-refractivity contribution >= 4 is 11.6 Å². The molecule has 2 aromatic rings. The molecule has 0 fully saturated rings. The van der Waals surface area contributed by atoms with Gasteiger partial charge in [0, 0.05) is 23.4 Å². The van der Waals surface area contributed by atoms with Gasteiger partial charge in [0.15, 0.2) is 0 Å². The van der Waals surface area contributed by atoms with Crippen LogP contribution in [0, 0.1) is 12.7 Å². The van der Waals surface area contributed by atoms with Gasteiger partial charge >= 0.3 is 0 Å². The van der Waals surface area contributed by atoms with Crippen molar-refractivity contribution in [2.45, 2.75) is 13.5 Å². The molecule has 0 radical (unpaired) electrons. The molecule has 2 rings (SSSR count). The van der Waals surface area contributed by atoms with Gasteiger partial charge in [-0.15, -0.1) is 0 Å². The molecule has 19 heavy (non-hydrogen) atoms. The Morgan fingerprint density at radius 3 is 2.68 bits per heavy atom. The molecular formula is C15H15FN2O. The van der Waals surface area contributed by atoms with Crippen LogP contribution in [0.15, 0.2) is 42.5 Å². The van der Waals surface area contributed by atoms with Crippen LogP contribution in [0.3, 0.4) is 0 Å². The summed E-state index contributed by atoms with van der Waals surface area (Å²) in [6.07, 6.45) is 0. The average Bonchev–Trinajstić information content (AvgIpc) is 2.39. The minimum absolute atomic E-state index is 0.303. The number of para-hydroxylation sites is 1. The number of carbonyl (C=O) groups is 1. The summed E-state index contributed by atoms with van der Waals surface area (Å²) in [7, 11) is 0. The van der Waals surface area contributed by atoms with Crippen LogP contribution in [-0.4, -0.2) is 5.91 Å². The second-order valence-corrected chi connectivity index (χ2v) is 4.34. The number of hydrogen-bond acceptors (Lipinski definition) is 2. The standard InChI is InChI=1S/C15H15FN2O/c1-10-4-2-3-5-14(10)18-9-12-8-11(15(17)19)6-7-13(12)16/h2-8,18H,9H2,1H3,(H2,17,19). The molecule has 0 aliphatic carbocycles. The fourth-order valence-electron chi connectivity index (χ4n) is 1.83. The first-order chi connectivity index (χ1) is 9.08. The number of nitrogens with two attached hydrogens (primary N) is 1. The number of nitrogens with one attached hydrogen (secondary N) is 1. The van der Waals surface area contributed by atoms with Crippen LogP contribution in [0.4, 0.5) is 10.1 Å². The summed E-state index contributed by atoms with van der Waals surface area (Å²) < 4.78 is 13.6. The number of rotatable bonds is 4. The van der Waals surface area contributed by atoms with E-state index >= 15 is 0 Å². The van der Waals surface area contributed by atoms with Crippen LogP contribution in [0.25, 0.3) is 0 Å². The van der Waals surface area contributed by atoms with E-state index in [1.165, 1.54) is 18.2 Å². The van der Waals surface area contributed by atoms with Gasteiger partial charge in [0.1, 0.15) is 5.82 Å². The Morgan fingerprint density at radius 1 is 1.26 bits per heavy atom. The van der Waals surface area contributed by atoms with Gasteiger partial charge in [-0.05, 0) is 36.8 Å². The van der Waals surface area contributed by atoms with Crippen molar-refractivity contribution in [1.82, 2.24) is 0 Å². The Bertz CT molecular complexity index is 611. The zero-order valence-corrected chi connectivity index (χ0v) is 10.6. The second kappa shape index (κ2) is 5.52. The molecule has 4 heteroatoms. The number of halogens is 1. The molecule has 98 valence electrons. The Morgan fingerprint density at radius 2 is 2.00 bits per heavy atom. The van der Waals surface area contributed by atoms with Crippen LogP contribution in [0.1, 0.15) is 21.5 Å².